The van der Waals surface area contributed by atoms with Crippen LogP contribution in [0.4, 0.5) is 0 Å². The van der Waals surface area contributed by atoms with E-state index in [1.165, 1.54) is 0 Å². The Hall–Kier alpha value is -3.54. The summed E-state index contributed by atoms with van der Waals surface area (Å²) >= 11 is 0. The van der Waals surface area contributed by atoms with Crippen molar-refractivity contribution in [3.63, 3.8) is 0 Å². The summed E-state index contributed by atoms with van der Waals surface area (Å²) in [5, 5.41) is 0.510. The Morgan fingerprint density at radius 3 is 2.30 bits per heavy atom. The molecule has 5 rings (SSSR count). The zero-order valence-electron chi connectivity index (χ0n) is 15.0. The normalized spacial score (nSPS) is 12.8. The highest BCUT2D eigenvalue weighted by molar-refractivity contribution is 6.04. The predicted octanol–water partition coefficient (Wildman–Crippen LogP) is 3.44. The molecule has 0 aliphatic heterocycles. The molecular weight excluding hydrogens is 338 g/mol. The summed E-state index contributed by atoms with van der Waals surface area (Å²) in [5.74, 6) is 0. The van der Waals surface area contributed by atoms with E-state index in [1.807, 2.05) is 73.1 Å². The molecule has 0 aliphatic carbocycles. The van der Waals surface area contributed by atoms with E-state index in [-0.39, 0.29) is 11.6 Å². The van der Waals surface area contributed by atoms with Gasteiger partial charge in [-0.15, -0.1) is 0 Å². The van der Waals surface area contributed by atoms with E-state index in [0.717, 1.165) is 16.6 Å². The lowest BCUT2D eigenvalue weighted by Gasteiger charge is -2.15. The van der Waals surface area contributed by atoms with Crippen molar-refractivity contribution >= 4 is 33.2 Å². The van der Waals surface area contributed by atoms with Crippen molar-refractivity contribution in [1.82, 2.24) is 24.1 Å². The van der Waals surface area contributed by atoms with Crippen LogP contribution < -0.4 is 5.56 Å². The van der Waals surface area contributed by atoms with Crippen LogP contribution in [0.5, 0.6) is 0 Å². The average molecular weight is 355 g/mol. The van der Waals surface area contributed by atoms with Crippen molar-refractivity contribution in [2.75, 3.05) is 0 Å². The second-order valence-corrected chi connectivity index (χ2v) is 6.69. The summed E-state index contributed by atoms with van der Waals surface area (Å²) in [7, 11) is 1.87. The Labute approximate surface area is 154 Å². The van der Waals surface area contributed by atoms with E-state index in [2.05, 4.69) is 4.98 Å². The molecule has 132 valence electrons. The number of para-hydroxylation sites is 2. The highest BCUT2D eigenvalue weighted by Crippen LogP contribution is 2.24. The topological polar surface area (TPSA) is 65.6 Å². The summed E-state index contributed by atoms with van der Waals surface area (Å²) in [6, 6.07) is 17.5. The molecule has 27 heavy (non-hydrogen) atoms. The molecule has 0 aliphatic rings. The monoisotopic (exact) mass is 355 g/mol. The number of hydrogen-bond donors (Lipinski definition) is 0. The number of nitrogens with zero attached hydrogens (tertiary/aromatic N) is 5. The zero-order chi connectivity index (χ0) is 18.5. The molecule has 0 fully saturated rings. The fourth-order valence-electron chi connectivity index (χ4n) is 3.58. The number of benzene rings is 2. The second-order valence-electron chi connectivity index (χ2n) is 6.69. The van der Waals surface area contributed by atoms with Gasteiger partial charge >= 0.3 is 0 Å². The van der Waals surface area contributed by atoms with Crippen LogP contribution >= 0.6 is 0 Å². The van der Waals surface area contributed by atoms with Crippen LogP contribution in [0.2, 0.25) is 0 Å². The first kappa shape index (κ1) is 15.7. The minimum absolute atomic E-state index is 0.105. The highest BCUT2D eigenvalue weighted by atomic mass is 16.1. The number of hydrogen-bond acceptors (Lipinski definition) is 4. The molecule has 0 saturated heterocycles. The van der Waals surface area contributed by atoms with E-state index in [9.17, 15) is 4.79 Å². The summed E-state index contributed by atoms with van der Waals surface area (Å²) < 4.78 is 3.50. The van der Waals surface area contributed by atoms with Gasteiger partial charge in [-0.3, -0.25) is 9.36 Å². The molecular formula is C21H17N5O. The zero-order valence-corrected chi connectivity index (χ0v) is 15.0. The first-order valence-corrected chi connectivity index (χ1v) is 8.82. The van der Waals surface area contributed by atoms with Gasteiger partial charge in [0.1, 0.15) is 17.2 Å². The van der Waals surface area contributed by atoms with Crippen molar-refractivity contribution in [2.24, 2.45) is 7.05 Å². The van der Waals surface area contributed by atoms with Gasteiger partial charge in [-0.2, -0.15) is 0 Å². The highest BCUT2D eigenvalue weighted by Gasteiger charge is 2.19. The van der Waals surface area contributed by atoms with Gasteiger partial charge in [0.25, 0.3) is 5.56 Å². The fourth-order valence-corrected chi connectivity index (χ4v) is 3.58. The minimum Gasteiger partial charge on any atom is -0.312 e. The summed E-state index contributed by atoms with van der Waals surface area (Å²) in [5.41, 5.74) is 4.37. The molecule has 2 aromatic carbocycles. The molecule has 6 nitrogen and oxygen atoms in total. The lowest BCUT2D eigenvalue weighted by Crippen LogP contribution is -2.24. The molecule has 5 aromatic rings. The Kier molecular flexibility index (Phi) is 3.33. The van der Waals surface area contributed by atoms with Crippen molar-refractivity contribution in [2.45, 2.75) is 13.0 Å². The molecule has 0 saturated carbocycles. The third kappa shape index (κ3) is 2.26. The third-order valence-electron chi connectivity index (χ3n) is 5.10. The van der Waals surface area contributed by atoms with Crippen molar-refractivity contribution in [3.8, 4) is 0 Å². The maximum Gasteiger partial charge on any atom is 0.265 e. The van der Waals surface area contributed by atoms with E-state index >= 15 is 0 Å². The number of aromatic nitrogens is 5. The van der Waals surface area contributed by atoms with Crippen LogP contribution in [0.25, 0.3) is 33.2 Å². The average Bonchev–Trinajstić information content (AvgIpc) is 2.99. The predicted molar refractivity (Wildman–Crippen MR) is 106 cm³/mol. The largest absolute Gasteiger partial charge is 0.312 e. The minimum atomic E-state index is -0.126. The van der Waals surface area contributed by atoms with Crippen molar-refractivity contribution in [1.29, 1.82) is 0 Å². The molecule has 0 spiro atoms. The first-order chi connectivity index (χ1) is 13.1. The van der Waals surface area contributed by atoms with E-state index in [4.69, 9.17) is 9.97 Å². The number of fused-ring (bicyclic) bond motifs is 4. The van der Waals surface area contributed by atoms with E-state index < -0.39 is 0 Å². The van der Waals surface area contributed by atoms with Gasteiger partial charge < -0.3 is 4.57 Å². The maximum absolute atomic E-state index is 13.3. The molecule has 3 aromatic heterocycles. The molecule has 6 heteroatoms. The first-order valence-electron chi connectivity index (χ1n) is 8.82. The lowest BCUT2D eigenvalue weighted by molar-refractivity contribution is 0.608. The fraction of sp³-hybridized carbons (Fsp3) is 0.143. The van der Waals surface area contributed by atoms with Crippen LogP contribution in [0, 0.1) is 0 Å². The summed E-state index contributed by atoms with van der Waals surface area (Å²) in [6.45, 7) is 2.00. The van der Waals surface area contributed by atoms with Crippen LogP contribution in [0.15, 0.2) is 65.7 Å². The van der Waals surface area contributed by atoms with E-state index in [1.54, 1.807) is 10.9 Å². The summed E-state index contributed by atoms with van der Waals surface area (Å²) in [6.07, 6.45) is 1.61. The van der Waals surface area contributed by atoms with Gasteiger partial charge in [-0.25, -0.2) is 15.0 Å². The molecule has 0 bridgehead atoms. The quantitative estimate of drug-likeness (QED) is 0.486. The van der Waals surface area contributed by atoms with Gasteiger partial charge in [-0.1, -0.05) is 42.5 Å². The molecule has 1 atom stereocenters. The number of aryl methyl sites for hydroxylation is 1. The van der Waals surface area contributed by atoms with Gasteiger partial charge in [0.2, 0.25) is 0 Å². The molecule has 0 N–H and O–H groups in total. The Balaban J connectivity index is 1.84. The van der Waals surface area contributed by atoms with Gasteiger partial charge in [0.05, 0.1) is 17.1 Å². The van der Waals surface area contributed by atoms with Crippen molar-refractivity contribution < 1.29 is 0 Å². The summed E-state index contributed by atoms with van der Waals surface area (Å²) in [4.78, 5) is 27.3. The van der Waals surface area contributed by atoms with Crippen molar-refractivity contribution in [3.05, 3.63) is 76.8 Å². The number of rotatable bonds is 2. The SMILES string of the molecule is C[C@@H](c1ccccc1)n1cnc2c(c1=O)c1nc3ccccc3nc1n2C. The Morgan fingerprint density at radius 2 is 1.56 bits per heavy atom. The molecule has 0 amide bonds. The molecule has 3 heterocycles. The maximum atomic E-state index is 13.3. The molecule has 0 radical (unpaired) electrons. The smallest absolute Gasteiger partial charge is 0.265 e. The van der Waals surface area contributed by atoms with Crippen LogP contribution in [-0.4, -0.2) is 24.1 Å². The van der Waals surface area contributed by atoms with Crippen LogP contribution in [-0.2, 0) is 7.05 Å². The lowest BCUT2D eigenvalue weighted by atomic mass is 10.1. The van der Waals surface area contributed by atoms with Crippen LogP contribution in [0.3, 0.4) is 0 Å². The Bertz CT molecular complexity index is 1370. The Morgan fingerprint density at radius 1 is 0.889 bits per heavy atom. The molecule has 0 unspecified atom stereocenters. The third-order valence-corrected chi connectivity index (χ3v) is 5.10. The van der Waals surface area contributed by atoms with Crippen LogP contribution in [0.1, 0.15) is 18.5 Å². The van der Waals surface area contributed by atoms with Gasteiger partial charge in [0, 0.05) is 7.05 Å². The standard InChI is InChI=1S/C21H17N5O/c1-13(14-8-4-3-5-9-14)26-12-22-19-17(21(26)27)18-20(25(19)2)24-16-11-7-6-10-15(16)23-18/h3-13H,1-2H3/t13-/m0/s1. The van der Waals surface area contributed by atoms with Gasteiger partial charge in [0.15, 0.2) is 11.3 Å². The second kappa shape index (κ2) is 5.74. The van der Waals surface area contributed by atoms with Gasteiger partial charge in [-0.05, 0) is 24.6 Å². The van der Waals surface area contributed by atoms with E-state index in [0.29, 0.717) is 22.2 Å².